The molecule has 1 N–H and O–H groups in total. The van der Waals surface area contributed by atoms with Crippen LogP contribution in [0, 0.1) is 26.0 Å². The Labute approximate surface area is 156 Å². The van der Waals surface area contributed by atoms with Gasteiger partial charge in [-0.3, -0.25) is 24.8 Å². The van der Waals surface area contributed by atoms with E-state index < -0.39 is 42.1 Å². The number of halogens is 3. The molecule has 0 atom stereocenters. The van der Waals surface area contributed by atoms with Crippen LogP contribution >= 0.6 is 31.9 Å². The van der Waals surface area contributed by atoms with Gasteiger partial charge in [-0.15, -0.1) is 0 Å². The number of hydrogen-bond acceptors (Lipinski definition) is 6. The van der Waals surface area contributed by atoms with Crippen molar-refractivity contribution >= 4 is 53.4 Å². The molecule has 0 aliphatic carbocycles. The van der Waals surface area contributed by atoms with Gasteiger partial charge in [0.2, 0.25) is 5.82 Å². The fourth-order valence-electron chi connectivity index (χ4n) is 1.48. The first-order chi connectivity index (χ1) is 11.4. The van der Waals surface area contributed by atoms with Gasteiger partial charge < -0.3 is 0 Å². The van der Waals surface area contributed by atoms with Crippen molar-refractivity contribution in [3.8, 4) is 0 Å². The van der Waals surface area contributed by atoms with Crippen molar-refractivity contribution in [1.29, 1.82) is 0 Å². The molecular weight excluding hydrogens is 495 g/mol. The van der Waals surface area contributed by atoms with Crippen molar-refractivity contribution < 1.29 is 27.2 Å². The number of nitro groups is 2. The molecule has 0 amide bonds. The van der Waals surface area contributed by atoms with E-state index in [4.69, 9.17) is 4.55 Å². The fraction of sp³-hybridized carbons (Fsp3) is 0. The maximum Gasteiger partial charge on any atom is 0.305 e. The second-order valence-corrected chi connectivity index (χ2v) is 7.42. The molecule has 25 heavy (non-hydrogen) atoms. The summed E-state index contributed by atoms with van der Waals surface area (Å²) in [5.74, 6) is -0.821. The van der Waals surface area contributed by atoms with Crippen LogP contribution in [-0.4, -0.2) is 22.8 Å². The molecule has 0 spiro atoms. The first-order valence-electron chi connectivity index (χ1n) is 5.94. The van der Waals surface area contributed by atoms with Crippen LogP contribution in [-0.2, 0) is 10.1 Å². The van der Waals surface area contributed by atoms with Crippen LogP contribution in [0.1, 0.15) is 0 Å². The zero-order chi connectivity index (χ0) is 19.4. The van der Waals surface area contributed by atoms with Crippen LogP contribution in [0.15, 0.2) is 50.2 Å². The minimum atomic E-state index is -4.56. The number of nitrogens with zero attached hydrogens (tertiary/aromatic N) is 2. The second kappa shape index (κ2) is 8.42. The fourth-order valence-corrected chi connectivity index (χ4v) is 2.81. The maximum absolute atomic E-state index is 12.6. The van der Waals surface area contributed by atoms with Crippen LogP contribution in [0.5, 0.6) is 0 Å². The second-order valence-electron chi connectivity index (χ2n) is 4.20. The predicted molar refractivity (Wildman–Crippen MR) is 91.4 cm³/mol. The maximum atomic E-state index is 12.6. The van der Waals surface area contributed by atoms with E-state index in [0.29, 0.717) is 8.95 Å². The van der Waals surface area contributed by atoms with E-state index in [0.717, 1.165) is 24.3 Å². The van der Waals surface area contributed by atoms with Gasteiger partial charge in [-0.2, -0.15) is 12.8 Å². The van der Waals surface area contributed by atoms with E-state index in [2.05, 4.69) is 31.9 Å². The van der Waals surface area contributed by atoms with Crippen molar-refractivity contribution in [2.45, 2.75) is 4.90 Å². The zero-order valence-electron chi connectivity index (χ0n) is 11.8. The molecule has 2 rings (SSSR count). The molecule has 0 aromatic heterocycles. The molecule has 0 saturated carbocycles. The molecule has 9 nitrogen and oxygen atoms in total. The lowest BCUT2D eigenvalue weighted by Crippen LogP contribution is -2.02. The Balaban J connectivity index is 0.000000257. The predicted octanol–water partition coefficient (Wildman–Crippen LogP) is 4.10. The van der Waals surface area contributed by atoms with Crippen molar-refractivity contribution in [2.75, 3.05) is 0 Å². The van der Waals surface area contributed by atoms with Gasteiger partial charge in [-0.1, -0.05) is 31.9 Å². The monoisotopic (exact) mass is 500 g/mol. The molecular formula is C12H7Br2FN2O7S. The van der Waals surface area contributed by atoms with E-state index in [-0.39, 0.29) is 0 Å². The summed E-state index contributed by atoms with van der Waals surface area (Å²) in [6, 6.07) is 6.82. The zero-order valence-corrected chi connectivity index (χ0v) is 15.8. The van der Waals surface area contributed by atoms with Gasteiger partial charge in [0.15, 0.2) is 4.90 Å². The first kappa shape index (κ1) is 21.1. The van der Waals surface area contributed by atoms with E-state index in [1.165, 1.54) is 12.1 Å². The number of rotatable bonds is 3. The summed E-state index contributed by atoms with van der Waals surface area (Å²) in [5.41, 5.74) is -1.18. The molecule has 2 aromatic rings. The Kier molecular flexibility index (Phi) is 7.10. The topological polar surface area (TPSA) is 141 Å². The lowest BCUT2D eigenvalue weighted by atomic mass is 10.3. The van der Waals surface area contributed by atoms with E-state index in [1.807, 2.05) is 0 Å². The summed E-state index contributed by atoms with van der Waals surface area (Å²) in [7, 11) is -4.56. The molecule has 13 heteroatoms. The molecule has 2 aromatic carbocycles. The minimum Gasteiger partial charge on any atom is -0.282 e. The number of benzene rings is 2. The molecule has 0 fully saturated rings. The highest BCUT2D eigenvalue weighted by Gasteiger charge is 2.23. The quantitative estimate of drug-likeness (QED) is 0.379. The molecule has 134 valence electrons. The van der Waals surface area contributed by atoms with E-state index in [1.54, 1.807) is 0 Å². The number of nitro benzene ring substituents is 2. The lowest BCUT2D eigenvalue weighted by molar-refractivity contribution is -0.388. The largest absolute Gasteiger partial charge is 0.305 e. The van der Waals surface area contributed by atoms with Crippen molar-refractivity contribution in [2.24, 2.45) is 0 Å². The van der Waals surface area contributed by atoms with Gasteiger partial charge in [0.1, 0.15) is 0 Å². The minimum absolute atomic E-state index is 0.358. The van der Waals surface area contributed by atoms with Gasteiger partial charge in [-0.05, 0) is 24.3 Å². The SMILES string of the molecule is O=[N+]([O-])c1cc(Br)ccc1F.O=[N+]([O-])c1cc(Br)ccc1S(=O)(=O)O. The molecule has 0 aliphatic rings. The average Bonchev–Trinajstić information content (AvgIpc) is 2.48. The summed E-state index contributed by atoms with van der Waals surface area (Å²) in [6.07, 6.45) is 0. The van der Waals surface area contributed by atoms with Crippen LogP contribution in [0.3, 0.4) is 0 Å². The summed E-state index contributed by atoms with van der Waals surface area (Å²) < 4.78 is 43.5. The third-order valence-electron chi connectivity index (χ3n) is 2.50. The van der Waals surface area contributed by atoms with Crippen molar-refractivity contribution in [3.05, 3.63) is 71.4 Å². The smallest absolute Gasteiger partial charge is 0.282 e. The van der Waals surface area contributed by atoms with Gasteiger partial charge in [0.05, 0.1) is 9.85 Å². The Hall–Kier alpha value is -1.96. The van der Waals surface area contributed by atoms with Crippen LogP contribution < -0.4 is 0 Å². The standard InChI is InChI=1S/C6H3BrFNO2.C6H4BrNO5S/c7-4-1-2-5(8)6(3-4)9(10)11;7-4-1-2-6(14(11,12)13)5(3-4)8(9)10/h1-3H;1-3H,(H,11,12,13). The number of hydrogen-bond donors (Lipinski definition) is 1. The van der Waals surface area contributed by atoms with E-state index >= 15 is 0 Å². The Bertz CT molecular complexity index is 937. The van der Waals surface area contributed by atoms with Gasteiger partial charge >= 0.3 is 15.8 Å². The molecule has 0 saturated heterocycles. The third-order valence-corrected chi connectivity index (χ3v) is 4.39. The third kappa shape index (κ3) is 6.12. The summed E-state index contributed by atoms with van der Waals surface area (Å²) in [4.78, 5) is 18.2. The molecule has 0 unspecified atom stereocenters. The summed E-state index contributed by atoms with van der Waals surface area (Å²) in [5, 5.41) is 20.5. The van der Waals surface area contributed by atoms with Gasteiger partial charge in [0, 0.05) is 21.1 Å². The highest BCUT2D eigenvalue weighted by Crippen LogP contribution is 2.26. The molecule has 0 bridgehead atoms. The first-order valence-corrected chi connectivity index (χ1v) is 8.97. The van der Waals surface area contributed by atoms with Crippen LogP contribution in [0.2, 0.25) is 0 Å². The normalized spacial score (nSPS) is 10.6. The summed E-state index contributed by atoms with van der Waals surface area (Å²) >= 11 is 5.94. The van der Waals surface area contributed by atoms with Gasteiger partial charge in [0.25, 0.3) is 5.69 Å². The molecule has 0 aliphatic heterocycles. The van der Waals surface area contributed by atoms with Crippen molar-refractivity contribution in [1.82, 2.24) is 0 Å². The molecule has 0 heterocycles. The highest BCUT2D eigenvalue weighted by molar-refractivity contribution is 9.10. The summed E-state index contributed by atoms with van der Waals surface area (Å²) in [6.45, 7) is 0. The lowest BCUT2D eigenvalue weighted by Gasteiger charge is -1.99. The Morgan fingerprint density at radius 1 is 0.920 bits per heavy atom. The molecule has 0 radical (unpaired) electrons. The van der Waals surface area contributed by atoms with Crippen LogP contribution in [0.4, 0.5) is 15.8 Å². The highest BCUT2D eigenvalue weighted by atomic mass is 79.9. The Morgan fingerprint density at radius 2 is 1.36 bits per heavy atom. The Morgan fingerprint density at radius 3 is 1.76 bits per heavy atom. The van der Waals surface area contributed by atoms with Crippen molar-refractivity contribution in [3.63, 3.8) is 0 Å². The van der Waals surface area contributed by atoms with Crippen LogP contribution in [0.25, 0.3) is 0 Å². The van der Waals surface area contributed by atoms with E-state index in [9.17, 15) is 33.0 Å². The van der Waals surface area contributed by atoms with Gasteiger partial charge in [-0.25, -0.2) is 0 Å². The average molecular weight is 502 g/mol.